The molecular weight excluding hydrogens is 399 g/mol. The molecule has 1 amide bonds. The van der Waals surface area contributed by atoms with Gasteiger partial charge in [-0.05, 0) is 44.0 Å². The molecule has 8 nitrogen and oxygen atoms in total. The van der Waals surface area contributed by atoms with Crippen molar-refractivity contribution in [2.75, 3.05) is 36.5 Å². The normalized spacial score (nSPS) is 13.9. The van der Waals surface area contributed by atoms with Crippen LogP contribution in [0.2, 0.25) is 0 Å². The standard InChI is InChI=1S/C22H23FN6O2/c1-14-18(15(2)29-22(26-14)16(12-24)13-25-29)4-6-21(30)27-17-3-5-20(19(23)11-17)28-7-9-31-10-8-28/h3,5,11,13H,4,6-10H2,1-2H3,(H,27,30). The second-order valence-electron chi connectivity index (χ2n) is 7.48. The molecule has 9 heteroatoms. The number of fused-ring (bicyclic) bond motifs is 1. The van der Waals surface area contributed by atoms with E-state index in [0.717, 1.165) is 17.0 Å². The minimum absolute atomic E-state index is 0.212. The molecule has 1 fully saturated rings. The lowest BCUT2D eigenvalue weighted by Gasteiger charge is -2.29. The Morgan fingerprint density at radius 2 is 2.10 bits per heavy atom. The number of morpholine rings is 1. The van der Waals surface area contributed by atoms with Crippen molar-refractivity contribution in [1.29, 1.82) is 5.26 Å². The van der Waals surface area contributed by atoms with Gasteiger partial charge in [-0.15, -0.1) is 0 Å². The Hall–Kier alpha value is -3.51. The van der Waals surface area contributed by atoms with E-state index in [2.05, 4.69) is 21.5 Å². The number of hydrogen-bond donors (Lipinski definition) is 1. The van der Waals surface area contributed by atoms with Crippen LogP contribution in [0.5, 0.6) is 0 Å². The van der Waals surface area contributed by atoms with Gasteiger partial charge in [0.15, 0.2) is 5.65 Å². The number of nitrogens with zero attached hydrogens (tertiary/aromatic N) is 5. The Morgan fingerprint density at radius 1 is 1.32 bits per heavy atom. The van der Waals surface area contributed by atoms with Crippen molar-refractivity contribution in [1.82, 2.24) is 14.6 Å². The predicted octanol–water partition coefficient (Wildman–Crippen LogP) is 2.76. The monoisotopic (exact) mass is 422 g/mol. The summed E-state index contributed by atoms with van der Waals surface area (Å²) in [7, 11) is 0. The third-order valence-electron chi connectivity index (χ3n) is 5.51. The van der Waals surface area contributed by atoms with E-state index in [9.17, 15) is 14.4 Å². The number of nitrogens with one attached hydrogen (secondary N) is 1. The molecule has 160 valence electrons. The van der Waals surface area contributed by atoms with Gasteiger partial charge in [0.05, 0.1) is 25.1 Å². The van der Waals surface area contributed by atoms with Crippen molar-refractivity contribution in [2.45, 2.75) is 26.7 Å². The average molecular weight is 422 g/mol. The maximum atomic E-state index is 14.5. The van der Waals surface area contributed by atoms with E-state index in [1.165, 1.54) is 12.3 Å². The summed E-state index contributed by atoms with van der Waals surface area (Å²) in [5.41, 5.74) is 4.38. The number of aryl methyl sites for hydroxylation is 2. The van der Waals surface area contributed by atoms with E-state index in [1.54, 1.807) is 16.6 Å². The number of hydrogen-bond acceptors (Lipinski definition) is 6. The molecule has 0 spiro atoms. The molecule has 1 N–H and O–H groups in total. The molecule has 0 unspecified atom stereocenters. The van der Waals surface area contributed by atoms with E-state index in [0.29, 0.717) is 55.3 Å². The lowest BCUT2D eigenvalue weighted by atomic mass is 10.1. The SMILES string of the molecule is Cc1nc2c(C#N)cnn2c(C)c1CCC(=O)Nc1ccc(N2CCOCC2)c(F)c1. The Morgan fingerprint density at radius 3 is 2.81 bits per heavy atom. The fraction of sp³-hybridized carbons (Fsp3) is 0.364. The summed E-state index contributed by atoms with van der Waals surface area (Å²) in [5, 5.41) is 16.2. The molecule has 1 aliphatic rings. The van der Waals surface area contributed by atoms with Gasteiger partial charge in [-0.1, -0.05) is 0 Å². The zero-order chi connectivity index (χ0) is 22.0. The lowest BCUT2D eigenvalue weighted by molar-refractivity contribution is -0.116. The summed E-state index contributed by atoms with van der Waals surface area (Å²) in [6.45, 7) is 6.19. The molecule has 0 aliphatic carbocycles. The molecular formula is C22H23FN6O2. The molecule has 3 aromatic rings. The topological polar surface area (TPSA) is 95.6 Å². The van der Waals surface area contributed by atoms with Gasteiger partial charge in [0.25, 0.3) is 0 Å². The number of amides is 1. The number of halogens is 1. The summed E-state index contributed by atoms with van der Waals surface area (Å²) in [5.74, 6) is -0.580. The minimum atomic E-state index is -0.368. The highest BCUT2D eigenvalue weighted by Crippen LogP contribution is 2.24. The second-order valence-corrected chi connectivity index (χ2v) is 7.48. The number of rotatable bonds is 5. The quantitative estimate of drug-likeness (QED) is 0.679. The van der Waals surface area contributed by atoms with Crippen LogP contribution in [0.3, 0.4) is 0 Å². The van der Waals surface area contributed by atoms with Crippen molar-refractivity contribution < 1.29 is 13.9 Å². The summed E-state index contributed by atoms with van der Waals surface area (Å²) in [6, 6.07) is 6.83. The highest BCUT2D eigenvalue weighted by atomic mass is 19.1. The number of nitriles is 1. The summed E-state index contributed by atoms with van der Waals surface area (Å²) >= 11 is 0. The molecule has 1 aliphatic heterocycles. The Balaban J connectivity index is 1.43. The van der Waals surface area contributed by atoms with Gasteiger partial charge in [0, 0.05) is 36.6 Å². The predicted molar refractivity (Wildman–Crippen MR) is 114 cm³/mol. The second kappa shape index (κ2) is 8.70. The first-order chi connectivity index (χ1) is 15.0. The highest BCUT2D eigenvalue weighted by molar-refractivity contribution is 5.91. The van der Waals surface area contributed by atoms with Crippen molar-refractivity contribution in [2.24, 2.45) is 0 Å². The van der Waals surface area contributed by atoms with Gasteiger partial charge in [0.2, 0.25) is 5.91 Å². The molecule has 0 radical (unpaired) electrons. The van der Waals surface area contributed by atoms with Gasteiger partial charge in [0.1, 0.15) is 17.4 Å². The third kappa shape index (κ3) is 4.20. The van der Waals surface area contributed by atoms with Crippen LogP contribution in [-0.4, -0.2) is 46.8 Å². The average Bonchev–Trinajstić information content (AvgIpc) is 3.17. The van der Waals surface area contributed by atoms with Crippen molar-refractivity contribution in [3.05, 3.63) is 52.7 Å². The first kappa shape index (κ1) is 20.8. The van der Waals surface area contributed by atoms with E-state index in [4.69, 9.17) is 4.74 Å². The van der Waals surface area contributed by atoms with Crippen LogP contribution >= 0.6 is 0 Å². The number of carbonyl (C=O) groups is 1. The fourth-order valence-electron chi connectivity index (χ4n) is 3.86. The summed E-state index contributed by atoms with van der Waals surface area (Å²) in [6.07, 6.45) is 2.16. The van der Waals surface area contributed by atoms with Crippen LogP contribution < -0.4 is 10.2 Å². The molecule has 1 saturated heterocycles. The zero-order valence-electron chi connectivity index (χ0n) is 17.5. The van der Waals surface area contributed by atoms with E-state index >= 15 is 0 Å². The lowest BCUT2D eigenvalue weighted by Crippen LogP contribution is -2.36. The Labute approximate surface area is 179 Å². The van der Waals surface area contributed by atoms with Gasteiger partial charge < -0.3 is 15.0 Å². The van der Waals surface area contributed by atoms with Gasteiger partial charge in [-0.2, -0.15) is 10.4 Å². The van der Waals surface area contributed by atoms with E-state index < -0.39 is 0 Å². The number of anilines is 2. The Bertz CT molecular complexity index is 1180. The van der Waals surface area contributed by atoms with Crippen LogP contribution in [0, 0.1) is 31.0 Å². The van der Waals surface area contributed by atoms with Crippen LogP contribution in [0.25, 0.3) is 5.65 Å². The summed E-state index contributed by atoms with van der Waals surface area (Å²) < 4.78 is 21.5. The van der Waals surface area contributed by atoms with Crippen molar-refractivity contribution in [3.63, 3.8) is 0 Å². The Kier molecular flexibility index (Phi) is 5.82. The maximum absolute atomic E-state index is 14.5. The fourth-order valence-corrected chi connectivity index (χ4v) is 3.86. The number of ether oxygens (including phenoxy) is 1. The van der Waals surface area contributed by atoms with Gasteiger partial charge in [-0.25, -0.2) is 13.9 Å². The zero-order valence-corrected chi connectivity index (χ0v) is 17.5. The molecule has 4 rings (SSSR count). The largest absolute Gasteiger partial charge is 0.378 e. The summed E-state index contributed by atoms with van der Waals surface area (Å²) in [4.78, 5) is 18.9. The van der Waals surface area contributed by atoms with Gasteiger partial charge >= 0.3 is 0 Å². The molecule has 0 bridgehead atoms. The number of carbonyl (C=O) groups excluding carboxylic acids is 1. The first-order valence-corrected chi connectivity index (χ1v) is 10.1. The molecule has 31 heavy (non-hydrogen) atoms. The van der Waals surface area contributed by atoms with Crippen LogP contribution in [0.15, 0.2) is 24.4 Å². The van der Waals surface area contributed by atoms with Crippen LogP contribution in [-0.2, 0) is 16.0 Å². The van der Waals surface area contributed by atoms with E-state index in [-0.39, 0.29) is 18.1 Å². The van der Waals surface area contributed by atoms with Gasteiger partial charge in [-0.3, -0.25) is 4.79 Å². The minimum Gasteiger partial charge on any atom is -0.378 e. The number of benzene rings is 1. The van der Waals surface area contributed by atoms with E-state index in [1.807, 2.05) is 18.7 Å². The van der Waals surface area contributed by atoms with Crippen LogP contribution in [0.4, 0.5) is 15.8 Å². The number of aromatic nitrogens is 3. The first-order valence-electron chi connectivity index (χ1n) is 10.1. The molecule has 0 atom stereocenters. The maximum Gasteiger partial charge on any atom is 0.224 e. The molecule has 2 aromatic heterocycles. The molecule has 3 heterocycles. The highest BCUT2D eigenvalue weighted by Gasteiger charge is 2.17. The smallest absolute Gasteiger partial charge is 0.224 e. The third-order valence-corrected chi connectivity index (χ3v) is 5.51. The molecule has 1 aromatic carbocycles. The van der Waals surface area contributed by atoms with Crippen molar-refractivity contribution >= 4 is 22.9 Å². The van der Waals surface area contributed by atoms with Crippen molar-refractivity contribution in [3.8, 4) is 6.07 Å². The molecule has 0 saturated carbocycles. The van der Waals surface area contributed by atoms with Crippen LogP contribution in [0.1, 0.15) is 28.9 Å².